The third kappa shape index (κ3) is 13.2. The zero-order valence-corrected chi connectivity index (χ0v) is 38.8. The van der Waals surface area contributed by atoms with E-state index >= 15 is 0 Å². The van der Waals surface area contributed by atoms with E-state index in [9.17, 15) is 44.1 Å². The Kier molecular flexibility index (Phi) is 18.2. The third-order valence-electron chi connectivity index (χ3n) is 11.4. The quantitative estimate of drug-likeness (QED) is 0.0779. The molecule has 6 rings (SSSR count). The number of amides is 2. The van der Waals surface area contributed by atoms with Crippen LogP contribution in [0.15, 0.2) is 72.8 Å². The molecule has 20 nitrogen and oxygen atoms in total. The summed E-state index contributed by atoms with van der Waals surface area (Å²) in [5.41, 5.74) is 1.44. The second-order valence-electron chi connectivity index (χ2n) is 16.3. The first kappa shape index (κ1) is 52.5. The minimum Gasteiger partial charge on any atom is -0.497 e. The Hall–Kier alpha value is -6.42. The molecule has 6 N–H and O–H groups in total. The number of fused-ring (bicyclic) bond motifs is 2. The van der Waals surface area contributed by atoms with Crippen LogP contribution in [0.5, 0.6) is 11.5 Å². The molecule has 4 aromatic rings. The molecule has 2 aliphatic heterocycles. The van der Waals surface area contributed by atoms with Crippen molar-refractivity contribution in [3.8, 4) is 11.5 Å². The fraction of sp³-hybridized carbons (Fsp3) is 0.458. The lowest BCUT2D eigenvalue weighted by atomic mass is 9.93. The van der Waals surface area contributed by atoms with E-state index in [2.05, 4.69) is 10.6 Å². The van der Waals surface area contributed by atoms with Crippen molar-refractivity contribution in [3.05, 3.63) is 83.9 Å². The lowest BCUT2D eigenvalue weighted by molar-refractivity contribution is -0.271. The summed E-state index contributed by atoms with van der Waals surface area (Å²) in [6.07, 6.45) is -10.8. The van der Waals surface area contributed by atoms with Gasteiger partial charge in [0.2, 0.25) is 18.1 Å². The van der Waals surface area contributed by atoms with Crippen LogP contribution in [0.1, 0.15) is 64.5 Å². The smallest absolute Gasteiger partial charge is 0.305 e. The van der Waals surface area contributed by atoms with Crippen molar-refractivity contribution in [2.75, 3.05) is 27.4 Å². The molecule has 0 bridgehead atoms. The number of ether oxygens (including phenoxy) is 8. The molecule has 0 saturated carbocycles. The second kappa shape index (κ2) is 23.5. The average Bonchev–Trinajstić information content (AvgIpc) is 3.31. The number of aliphatic hydroxyl groups is 4. The Morgan fingerprint density at radius 2 is 1.03 bits per heavy atom. The van der Waals surface area contributed by atoms with Crippen LogP contribution in [0, 0.1) is 0 Å². The van der Waals surface area contributed by atoms with Gasteiger partial charge >= 0.3 is 23.9 Å². The summed E-state index contributed by atoms with van der Waals surface area (Å²) in [4.78, 5) is 73.6. The fourth-order valence-corrected chi connectivity index (χ4v) is 7.73. The monoisotopic (exact) mass is 950 g/mol. The molecular weight excluding hydrogens is 893 g/mol. The molecule has 12 atom stereocenters. The fourth-order valence-electron chi connectivity index (χ4n) is 7.73. The molecule has 20 heteroatoms. The number of methoxy groups -OCH3 is 2. The van der Waals surface area contributed by atoms with Crippen LogP contribution in [0.25, 0.3) is 21.5 Å². The van der Waals surface area contributed by atoms with Crippen molar-refractivity contribution in [1.29, 1.82) is 0 Å². The number of carbonyl (C=O) groups excluding carboxylic acids is 6. The van der Waals surface area contributed by atoms with Gasteiger partial charge in [-0.3, -0.25) is 28.8 Å². The highest BCUT2D eigenvalue weighted by Gasteiger charge is 2.52. The van der Waals surface area contributed by atoms with Gasteiger partial charge in [0.05, 0.1) is 32.7 Å². The maximum absolute atomic E-state index is 13.5. The van der Waals surface area contributed by atoms with Gasteiger partial charge in [0.1, 0.15) is 54.6 Å². The Labute approximate surface area is 391 Å². The van der Waals surface area contributed by atoms with Gasteiger partial charge in [-0.05, 0) is 70.8 Å². The molecule has 2 amide bonds. The van der Waals surface area contributed by atoms with E-state index in [0.29, 0.717) is 11.3 Å². The van der Waals surface area contributed by atoms with Crippen LogP contribution in [-0.2, 0) is 57.2 Å². The first-order chi connectivity index (χ1) is 32.2. The van der Waals surface area contributed by atoms with Gasteiger partial charge in [-0.2, -0.15) is 0 Å². The molecule has 2 saturated heterocycles. The lowest BCUT2D eigenvalue weighted by Crippen LogP contribution is -2.67. The molecule has 0 spiro atoms. The van der Waals surface area contributed by atoms with Crippen LogP contribution in [0.4, 0.5) is 0 Å². The van der Waals surface area contributed by atoms with Crippen molar-refractivity contribution in [3.63, 3.8) is 0 Å². The Morgan fingerprint density at radius 1 is 0.574 bits per heavy atom. The Morgan fingerprint density at radius 3 is 1.49 bits per heavy atom. The van der Waals surface area contributed by atoms with Crippen LogP contribution in [0.2, 0.25) is 0 Å². The van der Waals surface area contributed by atoms with Crippen molar-refractivity contribution >= 4 is 57.2 Å². The minimum absolute atomic E-state index is 0.401. The maximum atomic E-state index is 13.5. The molecule has 12 unspecified atom stereocenters. The molecular formula is C48H58N2O18. The van der Waals surface area contributed by atoms with Crippen LogP contribution in [-0.4, -0.2) is 145 Å². The summed E-state index contributed by atoms with van der Waals surface area (Å²) in [7, 11) is 3.17. The third-order valence-corrected chi connectivity index (χ3v) is 11.4. The number of rotatable bonds is 14. The van der Waals surface area contributed by atoms with Gasteiger partial charge in [-0.15, -0.1) is 0 Å². The highest BCUT2D eigenvalue weighted by molar-refractivity contribution is 5.90. The normalized spacial score (nSPS) is 25.3. The Balaban J connectivity index is 0.000000270. The maximum Gasteiger partial charge on any atom is 0.305 e. The van der Waals surface area contributed by atoms with Gasteiger partial charge in [-0.1, -0.05) is 48.5 Å². The largest absolute Gasteiger partial charge is 0.497 e. The van der Waals surface area contributed by atoms with Gasteiger partial charge in [0.15, 0.2) is 18.5 Å². The van der Waals surface area contributed by atoms with E-state index in [1.807, 2.05) is 66.7 Å². The summed E-state index contributed by atoms with van der Waals surface area (Å²) in [5.74, 6) is -3.66. The van der Waals surface area contributed by atoms with Crippen molar-refractivity contribution < 1.29 is 87.1 Å². The number of nitrogens with one attached hydrogen (secondary N) is 2. The first-order valence-electron chi connectivity index (χ1n) is 21.6. The molecule has 2 heterocycles. The Bertz CT molecular complexity index is 2450. The highest BCUT2D eigenvalue weighted by atomic mass is 16.7. The first-order valence-corrected chi connectivity index (χ1v) is 21.6. The molecule has 368 valence electrons. The van der Waals surface area contributed by atoms with Crippen LogP contribution in [0.3, 0.4) is 0 Å². The van der Waals surface area contributed by atoms with Gasteiger partial charge in [0, 0.05) is 27.7 Å². The summed E-state index contributed by atoms with van der Waals surface area (Å²) in [6, 6.07) is 19.8. The van der Waals surface area contributed by atoms with Crippen molar-refractivity contribution in [2.45, 2.75) is 115 Å². The predicted octanol–water partition coefficient (Wildman–Crippen LogP) is 2.02. The summed E-state index contributed by atoms with van der Waals surface area (Å²) in [5, 5.41) is 48.3. The molecule has 4 aromatic carbocycles. The predicted molar refractivity (Wildman–Crippen MR) is 240 cm³/mol. The molecule has 0 aromatic heterocycles. The van der Waals surface area contributed by atoms with Gasteiger partial charge in [-0.25, -0.2) is 0 Å². The minimum atomic E-state index is -1.55. The van der Waals surface area contributed by atoms with Crippen molar-refractivity contribution in [2.24, 2.45) is 0 Å². The zero-order chi connectivity index (χ0) is 50.0. The summed E-state index contributed by atoms with van der Waals surface area (Å²) < 4.78 is 42.6. The van der Waals surface area contributed by atoms with E-state index < -0.39 is 122 Å². The second-order valence-corrected chi connectivity index (χ2v) is 16.3. The standard InChI is InChI=1S/C28H33NO11.C20H25NO7/c1-14(19-7-8-21-12-22(35-6)10-9-20(21)11-19)27(34)29-24-26(38-17(4)32)25(37-16(3)31)23(13-36-15(2)30)40-28(24)39-18(5)33;1-10(11-3-4-13-8-14(27-2)6-5-12(13)7-11)19(25)21-16-18(24)17(23)15(9-22)28-20(16)26/h7-12,14,23-26,28H,13H2,1-6H3,(H,29,34);3-8,10,15-18,20,22-24,26H,9H2,1-2H3,(H,21,25). The van der Waals surface area contributed by atoms with E-state index in [4.69, 9.17) is 43.0 Å². The number of benzene rings is 4. The molecule has 2 fully saturated rings. The number of esters is 4. The van der Waals surface area contributed by atoms with E-state index in [0.717, 1.165) is 53.6 Å². The van der Waals surface area contributed by atoms with Crippen LogP contribution < -0.4 is 20.1 Å². The van der Waals surface area contributed by atoms with E-state index in [-0.39, 0.29) is 0 Å². The number of hydrogen-bond donors (Lipinski definition) is 6. The molecule has 68 heavy (non-hydrogen) atoms. The number of aliphatic hydroxyl groups excluding tert-OH is 4. The number of carbonyl (C=O) groups is 6. The van der Waals surface area contributed by atoms with Crippen LogP contribution >= 0.6 is 0 Å². The summed E-state index contributed by atoms with van der Waals surface area (Å²) in [6.45, 7) is 6.99. The van der Waals surface area contributed by atoms with Gasteiger partial charge < -0.3 is 69.0 Å². The molecule has 2 aliphatic rings. The lowest BCUT2D eigenvalue weighted by Gasteiger charge is -2.44. The summed E-state index contributed by atoms with van der Waals surface area (Å²) >= 11 is 0. The zero-order valence-electron chi connectivity index (χ0n) is 38.8. The van der Waals surface area contributed by atoms with Crippen molar-refractivity contribution in [1.82, 2.24) is 10.6 Å². The van der Waals surface area contributed by atoms with Gasteiger partial charge in [0.25, 0.3) is 0 Å². The average molecular weight is 951 g/mol. The number of hydrogen-bond acceptors (Lipinski definition) is 18. The topological polar surface area (TPSA) is 281 Å². The highest BCUT2D eigenvalue weighted by Crippen LogP contribution is 2.31. The van der Waals surface area contributed by atoms with E-state index in [1.54, 1.807) is 34.1 Å². The SMILES string of the molecule is COc1ccc2cc(C(C)C(=O)NC3C(O)OC(CO)C(O)C3O)ccc2c1.COc1ccc2cc(C(C)C(=O)NC3C(OC(C)=O)OC(COC(C)=O)C(OC(C)=O)C3OC(C)=O)ccc2c1. The molecule has 0 aliphatic carbocycles. The van der Waals surface area contributed by atoms with E-state index in [1.165, 1.54) is 6.92 Å². The molecule has 0 radical (unpaired) electrons.